The van der Waals surface area contributed by atoms with Crippen LogP contribution in [0, 0.1) is 0 Å². The lowest BCUT2D eigenvalue weighted by Crippen LogP contribution is -2.40. The minimum absolute atomic E-state index is 0.0164. The van der Waals surface area contributed by atoms with Crippen LogP contribution in [-0.2, 0) is 4.79 Å². The molecule has 1 fully saturated rings. The Labute approximate surface area is 140 Å². The molecule has 1 aliphatic heterocycles. The molecule has 0 saturated carbocycles. The summed E-state index contributed by atoms with van der Waals surface area (Å²) in [4.78, 5) is 27.7. The van der Waals surface area contributed by atoms with E-state index in [4.69, 9.17) is 11.6 Å². The lowest BCUT2D eigenvalue weighted by Gasteiger charge is -2.11. The van der Waals surface area contributed by atoms with Crippen molar-refractivity contribution in [2.45, 2.75) is 19.1 Å². The third kappa shape index (κ3) is 3.38. The Morgan fingerprint density at radius 2 is 2.21 bits per heavy atom. The van der Waals surface area contributed by atoms with E-state index in [9.17, 15) is 18.4 Å². The number of aromatic nitrogens is 1. The standard InChI is InChI=1S/C15H12ClF2N3O3/c16-9-4-7-3-8(13(22)21-10-1-2-19-14(10)23)6-20-11(7)5-12(9)24-15(17)18/h3-6,10,15H,1-2H2,(H,19,23)(H,21,22)/t10-/m1/s1. The number of fused-ring (bicyclic) bond motifs is 1. The maximum atomic E-state index is 12.3. The summed E-state index contributed by atoms with van der Waals surface area (Å²) >= 11 is 5.90. The van der Waals surface area contributed by atoms with Crippen LogP contribution in [0.3, 0.4) is 0 Å². The van der Waals surface area contributed by atoms with Crippen LogP contribution >= 0.6 is 11.6 Å². The van der Waals surface area contributed by atoms with Crippen molar-refractivity contribution in [3.63, 3.8) is 0 Å². The smallest absolute Gasteiger partial charge is 0.387 e. The molecular weight excluding hydrogens is 344 g/mol. The van der Waals surface area contributed by atoms with Crippen LogP contribution in [0.1, 0.15) is 16.8 Å². The Morgan fingerprint density at radius 3 is 2.88 bits per heavy atom. The van der Waals surface area contributed by atoms with Gasteiger partial charge >= 0.3 is 6.61 Å². The molecule has 2 N–H and O–H groups in total. The van der Waals surface area contributed by atoms with E-state index in [-0.39, 0.29) is 22.2 Å². The van der Waals surface area contributed by atoms with E-state index in [1.165, 1.54) is 24.4 Å². The van der Waals surface area contributed by atoms with Crippen molar-refractivity contribution in [3.05, 3.63) is 35.0 Å². The van der Waals surface area contributed by atoms with E-state index in [0.717, 1.165) is 0 Å². The normalized spacial score (nSPS) is 17.2. The number of nitrogens with zero attached hydrogens (tertiary/aromatic N) is 1. The fourth-order valence-electron chi connectivity index (χ4n) is 2.41. The van der Waals surface area contributed by atoms with Crippen molar-refractivity contribution < 1.29 is 23.1 Å². The summed E-state index contributed by atoms with van der Waals surface area (Å²) in [6, 6.07) is 3.61. The predicted octanol–water partition coefficient (Wildman–Crippen LogP) is 2.11. The zero-order valence-corrected chi connectivity index (χ0v) is 12.9. The number of benzene rings is 1. The van der Waals surface area contributed by atoms with Crippen molar-refractivity contribution in [2.24, 2.45) is 0 Å². The minimum Gasteiger partial charge on any atom is -0.433 e. The second-order valence-electron chi connectivity index (χ2n) is 5.18. The monoisotopic (exact) mass is 355 g/mol. The molecule has 0 bridgehead atoms. The third-order valence-corrected chi connectivity index (χ3v) is 3.86. The fraction of sp³-hybridized carbons (Fsp3) is 0.267. The molecule has 1 atom stereocenters. The largest absolute Gasteiger partial charge is 0.433 e. The van der Waals surface area contributed by atoms with Gasteiger partial charge in [0.1, 0.15) is 11.8 Å². The van der Waals surface area contributed by atoms with Gasteiger partial charge in [-0.3, -0.25) is 14.6 Å². The molecule has 126 valence electrons. The molecule has 24 heavy (non-hydrogen) atoms. The summed E-state index contributed by atoms with van der Waals surface area (Å²) in [5.74, 6) is -0.865. The first kappa shape index (κ1) is 16.4. The van der Waals surface area contributed by atoms with E-state index in [0.29, 0.717) is 23.9 Å². The average Bonchev–Trinajstić information content (AvgIpc) is 2.92. The molecule has 1 aliphatic rings. The topological polar surface area (TPSA) is 80.3 Å². The zero-order chi connectivity index (χ0) is 17.3. The minimum atomic E-state index is -3.00. The van der Waals surface area contributed by atoms with Crippen molar-refractivity contribution in [3.8, 4) is 5.75 Å². The molecule has 2 aromatic rings. The maximum Gasteiger partial charge on any atom is 0.387 e. The summed E-state index contributed by atoms with van der Waals surface area (Å²) in [5.41, 5.74) is 0.589. The quantitative estimate of drug-likeness (QED) is 0.880. The molecule has 1 saturated heterocycles. The van der Waals surface area contributed by atoms with Gasteiger partial charge in [-0.25, -0.2) is 0 Å². The first-order valence-electron chi connectivity index (χ1n) is 7.07. The maximum absolute atomic E-state index is 12.3. The zero-order valence-electron chi connectivity index (χ0n) is 12.2. The molecule has 2 heterocycles. The highest BCUT2D eigenvalue weighted by Crippen LogP contribution is 2.30. The summed E-state index contributed by atoms with van der Waals surface area (Å²) < 4.78 is 28.9. The number of rotatable bonds is 4. The highest BCUT2D eigenvalue weighted by molar-refractivity contribution is 6.32. The van der Waals surface area contributed by atoms with Crippen molar-refractivity contribution in [2.75, 3.05) is 6.54 Å². The molecule has 1 aromatic heterocycles. The SMILES string of the molecule is O=C(N[C@@H]1CCNC1=O)c1cnc2cc(OC(F)F)c(Cl)cc2c1. The lowest BCUT2D eigenvalue weighted by molar-refractivity contribution is -0.120. The first-order chi connectivity index (χ1) is 11.4. The highest BCUT2D eigenvalue weighted by Gasteiger charge is 2.26. The number of hydrogen-bond acceptors (Lipinski definition) is 4. The van der Waals surface area contributed by atoms with Crippen LogP contribution in [-0.4, -0.2) is 36.0 Å². The summed E-state index contributed by atoms with van der Waals surface area (Å²) in [7, 11) is 0. The first-order valence-corrected chi connectivity index (χ1v) is 7.44. The number of carbonyl (C=O) groups excluding carboxylic acids is 2. The van der Waals surface area contributed by atoms with Gasteiger partial charge in [-0.2, -0.15) is 8.78 Å². The molecule has 2 amide bonds. The Hall–Kier alpha value is -2.48. The number of nitrogens with one attached hydrogen (secondary N) is 2. The molecule has 0 spiro atoms. The van der Waals surface area contributed by atoms with Gasteiger partial charge in [0, 0.05) is 24.2 Å². The molecule has 0 aliphatic carbocycles. The molecule has 6 nitrogen and oxygen atoms in total. The number of halogens is 3. The van der Waals surface area contributed by atoms with Gasteiger partial charge in [-0.05, 0) is 18.6 Å². The van der Waals surface area contributed by atoms with Crippen molar-refractivity contribution >= 4 is 34.3 Å². The van der Waals surface area contributed by atoms with E-state index < -0.39 is 18.6 Å². The molecular formula is C15H12ClF2N3O3. The van der Waals surface area contributed by atoms with Crippen LogP contribution in [0.2, 0.25) is 5.02 Å². The Bertz CT molecular complexity index is 816. The molecule has 9 heteroatoms. The number of carbonyl (C=O) groups is 2. The van der Waals surface area contributed by atoms with E-state index in [1.54, 1.807) is 0 Å². The van der Waals surface area contributed by atoms with Crippen molar-refractivity contribution in [1.29, 1.82) is 0 Å². The number of pyridine rings is 1. The predicted molar refractivity (Wildman–Crippen MR) is 82.3 cm³/mol. The number of alkyl halides is 2. The van der Waals surface area contributed by atoms with Gasteiger partial charge in [0.25, 0.3) is 5.91 Å². The second kappa shape index (κ2) is 6.56. The summed E-state index contributed by atoms with van der Waals surface area (Å²) in [6.07, 6.45) is 1.82. The molecule has 1 aromatic carbocycles. The third-order valence-electron chi connectivity index (χ3n) is 3.57. The van der Waals surface area contributed by atoms with Crippen LogP contribution in [0.5, 0.6) is 5.75 Å². The van der Waals surface area contributed by atoms with Gasteiger partial charge < -0.3 is 15.4 Å². The van der Waals surface area contributed by atoms with Gasteiger partial charge in [-0.1, -0.05) is 11.6 Å². The second-order valence-corrected chi connectivity index (χ2v) is 5.59. The lowest BCUT2D eigenvalue weighted by atomic mass is 10.1. The van der Waals surface area contributed by atoms with Gasteiger partial charge in [0.05, 0.1) is 16.1 Å². The Kier molecular flexibility index (Phi) is 4.48. The molecule has 0 unspecified atom stereocenters. The molecule has 0 radical (unpaired) electrons. The van der Waals surface area contributed by atoms with Crippen LogP contribution in [0.25, 0.3) is 10.9 Å². The van der Waals surface area contributed by atoms with Crippen LogP contribution in [0.4, 0.5) is 8.78 Å². The molecule has 3 rings (SSSR count). The number of hydrogen-bond donors (Lipinski definition) is 2. The van der Waals surface area contributed by atoms with E-state index in [2.05, 4.69) is 20.4 Å². The highest BCUT2D eigenvalue weighted by atomic mass is 35.5. The summed E-state index contributed by atoms with van der Waals surface area (Å²) in [6.45, 7) is -2.48. The van der Waals surface area contributed by atoms with Crippen LogP contribution < -0.4 is 15.4 Å². The van der Waals surface area contributed by atoms with Crippen LogP contribution in [0.15, 0.2) is 24.4 Å². The Morgan fingerprint density at radius 1 is 1.42 bits per heavy atom. The van der Waals surface area contributed by atoms with E-state index >= 15 is 0 Å². The fourth-order valence-corrected chi connectivity index (χ4v) is 2.63. The van der Waals surface area contributed by atoms with Gasteiger partial charge in [-0.15, -0.1) is 0 Å². The number of amides is 2. The average molecular weight is 356 g/mol. The van der Waals surface area contributed by atoms with Gasteiger partial charge in [0.15, 0.2) is 0 Å². The van der Waals surface area contributed by atoms with Gasteiger partial charge in [0.2, 0.25) is 5.91 Å². The Balaban J connectivity index is 1.85. The summed E-state index contributed by atoms with van der Waals surface area (Å²) in [5, 5.41) is 5.71. The number of ether oxygens (including phenoxy) is 1. The van der Waals surface area contributed by atoms with Crippen molar-refractivity contribution in [1.82, 2.24) is 15.6 Å². The van der Waals surface area contributed by atoms with E-state index in [1.807, 2.05) is 0 Å².